The molecule has 2 fully saturated rings. The monoisotopic (exact) mass is 431 g/mol. The average Bonchev–Trinajstić information content (AvgIpc) is 2.78. The maximum absolute atomic E-state index is 12.8. The molecule has 1 aromatic carbocycles. The summed E-state index contributed by atoms with van der Waals surface area (Å²) in [4.78, 5) is 15.2. The fourth-order valence-corrected chi connectivity index (χ4v) is 6.48. The molecule has 0 amide bonds. The second-order valence-corrected chi connectivity index (χ2v) is 10.7. The molecule has 164 valence electrons. The van der Waals surface area contributed by atoms with E-state index in [1.165, 1.54) is 19.3 Å². The zero-order chi connectivity index (χ0) is 21.6. The summed E-state index contributed by atoms with van der Waals surface area (Å²) in [6, 6.07) is 8.95. The van der Waals surface area contributed by atoms with E-state index in [0.717, 1.165) is 32.4 Å². The molecule has 1 aromatic rings. The van der Waals surface area contributed by atoms with Crippen molar-refractivity contribution in [1.29, 1.82) is 5.26 Å². The number of Topliss-reactive ketones (excluding diaryl/α,β-unsaturated/α-hetero) is 1. The van der Waals surface area contributed by atoms with Crippen LogP contribution in [0.25, 0.3) is 0 Å². The van der Waals surface area contributed by atoms with E-state index in [0.29, 0.717) is 37.1 Å². The van der Waals surface area contributed by atoms with Gasteiger partial charge in [-0.2, -0.15) is 9.57 Å². The summed E-state index contributed by atoms with van der Waals surface area (Å²) in [6.45, 7) is 4.49. The molecule has 0 unspecified atom stereocenters. The van der Waals surface area contributed by atoms with Crippen molar-refractivity contribution in [2.45, 2.75) is 63.8 Å². The Morgan fingerprint density at radius 3 is 2.27 bits per heavy atom. The highest BCUT2D eigenvalue weighted by Crippen LogP contribution is 2.38. The van der Waals surface area contributed by atoms with Crippen molar-refractivity contribution in [2.24, 2.45) is 0 Å². The Morgan fingerprint density at radius 1 is 1.07 bits per heavy atom. The van der Waals surface area contributed by atoms with Crippen LogP contribution in [0, 0.1) is 11.3 Å². The first-order valence-corrected chi connectivity index (χ1v) is 12.8. The molecule has 1 saturated carbocycles. The fraction of sp³-hybridized carbons (Fsp3) is 0.652. The molecule has 2 aliphatic rings. The Balaban J connectivity index is 1.65. The van der Waals surface area contributed by atoms with Gasteiger partial charge in [-0.05, 0) is 37.8 Å². The highest BCUT2D eigenvalue weighted by molar-refractivity contribution is 7.89. The van der Waals surface area contributed by atoms with Crippen molar-refractivity contribution in [1.82, 2.24) is 9.21 Å². The minimum Gasteiger partial charge on any atom is -0.295 e. The number of rotatable bonds is 8. The summed E-state index contributed by atoms with van der Waals surface area (Å²) in [5.41, 5.74) is 1.22. The molecule has 30 heavy (non-hydrogen) atoms. The van der Waals surface area contributed by atoms with Crippen LogP contribution in [0.1, 0.15) is 74.2 Å². The standard InChI is InChI=1S/C23H33N3O3S/c1-2-18-30(28,29)26-16-14-25(15-17-26)23(11-4-3-5-12-23)13-10-22(27)21-8-6-20(19-24)7-9-21/h6-9H,2-5,10-18H2,1H3. The van der Waals surface area contributed by atoms with E-state index in [-0.39, 0.29) is 17.1 Å². The topological polar surface area (TPSA) is 81.5 Å². The normalized spacial score (nSPS) is 20.5. The van der Waals surface area contributed by atoms with Crippen LogP contribution >= 0.6 is 0 Å². The third kappa shape index (κ3) is 5.29. The SMILES string of the molecule is CCCS(=O)(=O)N1CCN(C2(CCC(=O)c3ccc(C#N)cc3)CCCCC2)CC1. The molecule has 0 N–H and O–H groups in total. The number of piperazine rings is 1. The van der Waals surface area contributed by atoms with Gasteiger partial charge in [0.05, 0.1) is 17.4 Å². The zero-order valence-corrected chi connectivity index (χ0v) is 18.8. The average molecular weight is 432 g/mol. The molecule has 0 bridgehead atoms. The number of carbonyl (C=O) groups is 1. The van der Waals surface area contributed by atoms with E-state index >= 15 is 0 Å². The van der Waals surface area contributed by atoms with Crippen molar-refractivity contribution < 1.29 is 13.2 Å². The van der Waals surface area contributed by atoms with Crippen LogP contribution in [0.2, 0.25) is 0 Å². The van der Waals surface area contributed by atoms with Crippen molar-refractivity contribution >= 4 is 15.8 Å². The van der Waals surface area contributed by atoms with Gasteiger partial charge < -0.3 is 0 Å². The number of hydrogen-bond acceptors (Lipinski definition) is 5. The minimum absolute atomic E-state index is 0.00110. The second-order valence-electron chi connectivity index (χ2n) is 8.60. The molecule has 0 aromatic heterocycles. The van der Waals surface area contributed by atoms with Gasteiger partial charge in [-0.3, -0.25) is 9.69 Å². The van der Waals surface area contributed by atoms with Gasteiger partial charge in [-0.1, -0.05) is 38.3 Å². The third-order valence-corrected chi connectivity index (χ3v) is 8.78. The van der Waals surface area contributed by atoms with E-state index in [9.17, 15) is 13.2 Å². The highest BCUT2D eigenvalue weighted by Gasteiger charge is 2.40. The van der Waals surface area contributed by atoms with Gasteiger partial charge in [-0.15, -0.1) is 0 Å². The van der Waals surface area contributed by atoms with E-state index in [1.54, 1.807) is 28.6 Å². The van der Waals surface area contributed by atoms with Crippen LogP contribution in [0.3, 0.4) is 0 Å². The molecule has 0 atom stereocenters. The minimum atomic E-state index is -3.15. The molecular weight excluding hydrogens is 398 g/mol. The van der Waals surface area contributed by atoms with Crippen LogP contribution in [-0.2, 0) is 10.0 Å². The van der Waals surface area contributed by atoms with Crippen LogP contribution in [0.4, 0.5) is 0 Å². The molecule has 1 saturated heterocycles. The predicted octanol–water partition coefficient (Wildman–Crippen LogP) is 3.58. The smallest absolute Gasteiger partial charge is 0.214 e. The number of benzene rings is 1. The first-order chi connectivity index (χ1) is 14.4. The van der Waals surface area contributed by atoms with Gasteiger partial charge in [0.1, 0.15) is 0 Å². The van der Waals surface area contributed by atoms with Gasteiger partial charge in [0.2, 0.25) is 10.0 Å². The van der Waals surface area contributed by atoms with Gasteiger partial charge in [-0.25, -0.2) is 8.42 Å². The number of carbonyl (C=O) groups excluding carboxylic acids is 1. The second kappa shape index (κ2) is 10.0. The highest BCUT2D eigenvalue weighted by atomic mass is 32.2. The number of nitriles is 1. The number of sulfonamides is 1. The van der Waals surface area contributed by atoms with Gasteiger partial charge in [0.15, 0.2) is 5.78 Å². The molecular formula is C23H33N3O3S. The molecule has 1 aliphatic heterocycles. The zero-order valence-electron chi connectivity index (χ0n) is 18.0. The van der Waals surface area contributed by atoms with Crippen LogP contribution < -0.4 is 0 Å². The summed E-state index contributed by atoms with van der Waals surface area (Å²) in [7, 11) is -3.15. The molecule has 1 heterocycles. The summed E-state index contributed by atoms with van der Waals surface area (Å²) in [5, 5.41) is 8.94. The Labute approximate surface area is 180 Å². The van der Waals surface area contributed by atoms with Crippen molar-refractivity contribution in [2.75, 3.05) is 31.9 Å². The summed E-state index contributed by atoms with van der Waals surface area (Å²) in [5.74, 6) is 0.339. The van der Waals surface area contributed by atoms with Crippen LogP contribution in [0.5, 0.6) is 0 Å². The maximum Gasteiger partial charge on any atom is 0.214 e. The van der Waals surface area contributed by atoms with Gasteiger partial charge >= 0.3 is 0 Å². The molecule has 3 rings (SSSR count). The first kappa shape index (κ1) is 22.9. The Morgan fingerprint density at radius 2 is 1.70 bits per heavy atom. The van der Waals surface area contributed by atoms with E-state index in [2.05, 4.69) is 11.0 Å². The number of ketones is 1. The molecule has 1 aliphatic carbocycles. The lowest BCUT2D eigenvalue weighted by Gasteiger charge is -2.50. The van der Waals surface area contributed by atoms with E-state index in [1.807, 2.05) is 6.92 Å². The Bertz CT molecular complexity index is 860. The lowest BCUT2D eigenvalue weighted by atomic mass is 9.76. The molecule has 0 radical (unpaired) electrons. The lowest BCUT2D eigenvalue weighted by Crippen LogP contribution is -2.58. The predicted molar refractivity (Wildman–Crippen MR) is 118 cm³/mol. The summed E-state index contributed by atoms with van der Waals surface area (Å²) >= 11 is 0. The quantitative estimate of drug-likeness (QED) is 0.588. The Kier molecular flexibility index (Phi) is 7.67. The largest absolute Gasteiger partial charge is 0.295 e. The maximum atomic E-state index is 12.8. The van der Waals surface area contributed by atoms with Crippen molar-refractivity contribution in [3.8, 4) is 6.07 Å². The van der Waals surface area contributed by atoms with E-state index in [4.69, 9.17) is 5.26 Å². The number of nitrogens with zero attached hydrogens (tertiary/aromatic N) is 3. The van der Waals surface area contributed by atoms with Crippen molar-refractivity contribution in [3.05, 3.63) is 35.4 Å². The fourth-order valence-electron chi connectivity index (χ4n) is 4.98. The summed E-state index contributed by atoms with van der Waals surface area (Å²) in [6.07, 6.45) is 7.66. The lowest BCUT2D eigenvalue weighted by molar-refractivity contribution is 0.0165. The molecule has 6 nitrogen and oxygen atoms in total. The van der Waals surface area contributed by atoms with Crippen LogP contribution in [0.15, 0.2) is 24.3 Å². The van der Waals surface area contributed by atoms with Gasteiger partial charge in [0.25, 0.3) is 0 Å². The third-order valence-electron chi connectivity index (χ3n) is 6.70. The summed E-state index contributed by atoms with van der Waals surface area (Å²) < 4.78 is 26.5. The van der Waals surface area contributed by atoms with Gasteiger partial charge in [0, 0.05) is 43.7 Å². The van der Waals surface area contributed by atoms with Crippen molar-refractivity contribution in [3.63, 3.8) is 0 Å². The van der Waals surface area contributed by atoms with E-state index < -0.39 is 10.0 Å². The number of hydrogen-bond donors (Lipinski definition) is 0. The molecule has 0 spiro atoms. The van der Waals surface area contributed by atoms with Crippen LogP contribution in [-0.4, -0.2) is 60.9 Å². The first-order valence-electron chi connectivity index (χ1n) is 11.2. The molecule has 7 heteroatoms. The Hall–Kier alpha value is -1.75.